The molecular formula is C24H26FN3O2. The molecule has 2 aromatic rings. The molecule has 2 aromatic carbocycles. The van der Waals surface area contributed by atoms with E-state index in [0.29, 0.717) is 6.42 Å². The van der Waals surface area contributed by atoms with E-state index in [0.717, 1.165) is 35.2 Å². The zero-order valence-corrected chi connectivity index (χ0v) is 17.6. The van der Waals surface area contributed by atoms with Gasteiger partial charge < -0.3 is 4.90 Å². The van der Waals surface area contributed by atoms with Gasteiger partial charge in [-0.2, -0.15) is 5.10 Å². The second-order valence-corrected chi connectivity index (χ2v) is 8.32. The van der Waals surface area contributed by atoms with Crippen molar-refractivity contribution in [1.82, 2.24) is 9.91 Å². The molecule has 156 valence electrons. The molecule has 2 aliphatic rings. The highest BCUT2D eigenvalue weighted by molar-refractivity contribution is 6.03. The van der Waals surface area contributed by atoms with Crippen molar-refractivity contribution in [2.24, 2.45) is 11.0 Å². The van der Waals surface area contributed by atoms with E-state index in [9.17, 15) is 14.0 Å². The largest absolute Gasteiger partial charge is 0.336 e. The summed E-state index contributed by atoms with van der Waals surface area (Å²) in [6.07, 6.45) is 2.34. The quantitative estimate of drug-likeness (QED) is 0.753. The zero-order valence-electron chi connectivity index (χ0n) is 17.6. The van der Waals surface area contributed by atoms with Gasteiger partial charge in [-0.1, -0.05) is 24.3 Å². The summed E-state index contributed by atoms with van der Waals surface area (Å²) < 4.78 is 13.4. The van der Waals surface area contributed by atoms with E-state index in [-0.39, 0.29) is 36.1 Å². The summed E-state index contributed by atoms with van der Waals surface area (Å²) in [7, 11) is 1.66. The molecule has 0 bridgehead atoms. The molecule has 0 N–H and O–H groups in total. The summed E-state index contributed by atoms with van der Waals surface area (Å²) in [5, 5.41) is 6.12. The summed E-state index contributed by atoms with van der Waals surface area (Å²) in [5.41, 5.74) is 4.97. The van der Waals surface area contributed by atoms with E-state index in [1.54, 1.807) is 19.2 Å². The minimum atomic E-state index is -0.320. The Kier molecular flexibility index (Phi) is 5.41. The van der Waals surface area contributed by atoms with E-state index in [1.807, 2.05) is 19.1 Å². The summed E-state index contributed by atoms with van der Waals surface area (Å²) in [6, 6.07) is 12.0. The molecule has 1 atom stereocenters. The van der Waals surface area contributed by atoms with Crippen LogP contribution in [0.4, 0.5) is 4.39 Å². The smallest absolute Gasteiger partial charge is 0.262 e. The minimum absolute atomic E-state index is 0.0132. The van der Waals surface area contributed by atoms with Crippen molar-refractivity contribution in [3.8, 4) is 0 Å². The minimum Gasteiger partial charge on any atom is -0.336 e. The lowest BCUT2D eigenvalue weighted by Gasteiger charge is -2.25. The molecule has 0 aromatic heterocycles. The molecule has 5 nitrogen and oxygen atoms in total. The van der Waals surface area contributed by atoms with Crippen LogP contribution in [0.2, 0.25) is 0 Å². The molecule has 1 fully saturated rings. The van der Waals surface area contributed by atoms with Gasteiger partial charge in [0.05, 0.1) is 11.8 Å². The normalized spacial score (nSPS) is 18.3. The number of carbonyl (C=O) groups excluding carboxylic acids is 2. The van der Waals surface area contributed by atoms with Gasteiger partial charge in [-0.3, -0.25) is 9.59 Å². The maximum Gasteiger partial charge on any atom is 0.262 e. The third-order valence-electron chi connectivity index (χ3n) is 5.94. The third kappa shape index (κ3) is 4.13. The molecule has 4 rings (SSSR count). The molecule has 1 aliphatic carbocycles. The number of carbonyl (C=O) groups is 2. The predicted octanol–water partition coefficient (Wildman–Crippen LogP) is 3.99. The Morgan fingerprint density at radius 3 is 2.43 bits per heavy atom. The van der Waals surface area contributed by atoms with Gasteiger partial charge in [0.1, 0.15) is 12.4 Å². The fraction of sp³-hybridized carbons (Fsp3) is 0.375. The van der Waals surface area contributed by atoms with E-state index in [1.165, 1.54) is 27.6 Å². The average Bonchev–Trinajstić information content (AvgIpc) is 3.48. The van der Waals surface area contributed by atoms with Gasteiger partial charge in [-0.15, -0.1) is 0 Å². The lowest BCUT2D eigenvalue weighted by atomic mass is 9.96. The van der Waals surface area contributed by atoms with Crippen LogP contribution in [0.15, 0.2) is 47.6 Å². The summed E-state index contributed by atoms with van der Waals surface area (Å²) in [4.78, 5) is 26.9. The molecule has 0 unspecified atom stereocenters. The molecule has 1 heterocycles. The highest BCUT2D eigenvalue weighted by atomic mass is 19.1. The van der Waals surface area contributed by atoms with Gasteiger partial charge in [0.15, 0.2) is 0 Å². The van der Waals surface area contributed by atoms with Gasteiger partial charge in [-0.25, -0.2) is 9.40 Å². The van der Waals surface area contributed by atoms with Crippen LogP contribution >= 0.6 is 0 Å². The summed E-state index contributed by atoms with van der Waals surface area (Å²) in [5.74, 6) is -0.484. The molecular weight excluding hydrogens is 381 g/mol. The number of aryl methyl sites for hydroxylation is 2. The van der Waals surface area contributed by atoms with Gasteiger partial charge in [-0.05, 0) is 67.1 Å². The summed E-state index contributed by atoms with van der Waals surface area (Å²) >= 11 is 0. The average molecular weight is 407 g/mol. The monoisotopic (exact) mass is 407 g/mol. The van der Waals surface area contributed by atoms with Crippen LogP contribution in [-0.2, 0) is 9.59 Å². The maximum absolute atomic E-state index is 13.4. The van der Waals surface area contributed by atoms with Crippen LogP contribution in [-0.4, -0.2) is 41.0 Å². The highest BCUT2D eigenvalue weighted by Gasteiger charge is 2.36. The van der Waals surface area contributed by atoms with Crippen LogP contribution in [0.25, 0.3) is 0 Å². The molecule has 0 spiro atoms. The fourth-order valence-corrected chi connectivity index (χ4v) is 3.78. The van der Waals surface area contributed by atoms with Crippen LogP contribution < -0.4 is 0 Å². The number of benzene rings is 2. The Balaban J connectivity index is 1.61. The van der Waals surface area contributed by atoms with E-state index < -0.39 is 0 Å². The fourth-order valence-electron chi connectivity index (χ4n) is 3.78. The first-order valence-corrected chi connectivity index (χ1v) is 10.3. The van der Waals surface area contributed by atoms with Crippen LogP contribution in [0.5, 0.6) is 0 Å². The number of rotatable bonds is 5. The molecule has 6 heteroatoms. The van der Waals surface area contributed by atoms with Crippen molar-refractivity contribution in [3.63, 3.8) is 0 Å². The van der Waals surface area contributed by atoms with E-state index in [2.05, 4.69) is 18.1 Å². The Bertz CT molecular complexity index is 1010. The van der Waals surface area contributed by atoms with Crippen molar-refractivity contribution in [2.75, 3.05) is 13.6 Å². The highest BCUT2D eigenvalue weighted by Crippen LogP contribution is 2.34. The van der Waals surface area contributed by atoms with Crippen LogP contribution in [0, 0.1) is 25.6 Å². The Morgan fingerprint density at radius 2 is 1.80 bits per heavy atom. The van der Waals surface area contributed by atoms with Crippen molar-refractivity contribution in [2.45, 2.75) is 39.2 Å². The standard InChI is InChI=1S/C24H26FN3O2/c1-15-4-5-19(12-16(15)2)21-13-22(17-8-10-20(25)11-9-17)28(26-21)23(29)14-27(3)24(30)18-6-7-18/h4-5,8-12,18,22H,6-7,13-14H2,1-3H3/t22-/m0/s1. The molecule has 1 saturated carbocycles. The van der Waals surface area contributed by atoms with Crippen LogP contribution in [0.3, 0.4) is 0 Å². The third-order valence-corrected chi connectivity index (χ3v) is 5.94. The van der Waals surface area contributed by atoms with Gasteiger partial charge in [0.2, 0.25) is 5.91 Å². The lowest BCUT2D eigenvalue weighted by molar-refractivity contribution is -0.141. The maximum atomic E-state index is 13.4. The first-order chi connectivity index (χ1) is 14.3. The number of hydrogen-bond acceptors (Lipinski definition) is 3. The topological polar surface area (TPSA) is 53.0 Å². The Morgan fingerprint density at radius 1 is 1.10 bits per heavy atom. The SMILES string of the molecule is Cc1ccc(C2=NN(C(=O)CN(C)C(=O)C3CC3)[C@H](c3ccc(F)cc3)C2)cc1C. The molecule has 0 saturated heterocycles. The molecule has 2 amide bonds. The molecule has 1 aliphatic heterocycles. The number of hydrogen-bond donors (Lipinski definition) is 0. The second-order valence-electron chi connectivity index (χ2n) is 8.32. The lowest BCUT2D eigenvalue weighted by Crippen LogP contribution is -2.39. The number of hydrazone groups is 1. The predicted molar refractivity (Wildman–Crippen MR) is 113 cm³/mol. The molecule has 0 radical (unpaired) electrons. The van der Waals surface area contributed by atoms with Crippen molar-refractivity contribution < 1.29 is 14.0 Å². The number of likely N-dealkylation sites (N-methyl/N-ethyl adjacent to an activating group) is 1. The molecule has 30 heavy (non-hydrogen) atoms. The van der Waals surface area contributed by atoms with E-state index >= 15 is 0 Å². The van der Waals surface area contributed by atoms with Crippen LogP contribution in [0.1, 0.15) is 47.6 Å². The van der Waals surface area contributed by atoms with Gasteiger partial charge in [0, 0.05) is 19.4 Å². The van der Waals surface area contributed by atoms with Gasteiger partial charge in [0.25, 0.3) is 5.91 Å². The zero-order chi connectivity index (χ0) is 21.4. The van der Waals surface area contributed by atoms with Gasteiger partial charge >= 0.3 is 0 Å². The number of nitrogens with zero attached hydrogens (tertiary/aromatic N) is 3. The van der Waals surface area contributed by atoms with Crippen molar-refractivity contribution >= 4 is 17.5 Å². The number of halogens is 1. The number of amides is 2. The summed E-state index contributed by atoms with van der Waals surface area (Å²) in [6.45, 7) is 4.09. The Hall–Kier alpha value is -3.02. The first-order valence-electron chi connectivity index (χ1n) is 10.3. The Labute approximate surface area is 176 Å². The van der Waals surface area contributed by atoms with Crippen molar-refractivity contribution in [3.05, 3.63) is 70.5 Å². The first kappa shape index (κ1) is 20.3. The van der Waals surface area contributed by atoms with E-state index in [4.69, 9.17) is 0 Å². The van der Waals surface area contributed by atoms with Crippen molar-refractivity contribution in [1.29, 1.82) is 0 Å². The second kappa shape index (κ2) is 8.01.